The number of thioether (sulfide) groups is 1. The number of amidine groups is 1. The third kappa shape index (κ3) is 3.81. The summed E-state index contributed by atoms with van der Waals surface area (Å²) in [6, 6.07) is 4.98. The second kappa shape index (κ2) is 7.21. The molecule has 1 atom stereocenters. The number of amides is 1. The largest absolute Gasteiger partial charge is 0.495 e. The van der Waals surface area contributed by atoms with Crippen LogP contribution >= 0.6 is 11.8 Å². The molecule has 0 aromatic heterocycles. The first-order valence-electron chi connectivity index (χ1n) is 6.74. The van der Waals surface area contributed by atoms with E-state index in [4.69, 9.17) is 15.7 Å². The van der Waals surface area contributed by atoms with E-state index in [2.05, 4.69) is 10.5 Å². The topological polar surface area (TPSA) is 96.9 Å². The second-order valence-electron chi connectivity index (χ2n) is 4.74. The number of anilines is 1. The monoisotopic (exact) mass is 309 g/mol. The number of rotatable bonds is 4. The number of ether oxygens (including phenoxy) is 1. The summed E-state index contributed by atoms with van der Waals surface area (Å²) < 4.78 is 5.26. The van der Waals surface area contributed by atoms with Crippen LogP contribution in [0.5, 0.6) is 5.75 Å². The Morgan fingerprint density at radius 2 is 2.33 bits per heavy atom. The van der Waals surface area contributed by atoms with Gasteiger partial charge in [0.2, 0.25) is 5.91 Å². The maximum atomic E-state index is 12.2. The molecule has 1 amide bonds. The number of carbonyl (C=O) groups is 1. The van der Waals surface area contributed by atoms with Crippen molar-refractivity contribution < 1.29 is 14.7 Å². The molecular formula is C14H19N3O3S. The number of hydrogen-bond donors (Lipinski definition) is 3. The van der Waals surface area contributed by atoms with Crippen LogP contribution in [0.2, 0.25) is 0 Å². The van der Waals surface area contributed by atoms with E-state index < -0.39 is 0 Å². The normalized spacial score (nSPS) is 19.1. The molecule has 1 saturated heterocycles. The Bertz CT molecular complexity index is 542. The van der Waals surface area contributed by atoms with E-state index in [1.165, 1.54) is 13.5 Å². The molecule has 1 aliphatic rings. The van der Waals surface area contributed by atoms with E-state index in [1.807, 2.05) is 0 Å². The predicted octanol–water partition coefficient (Wildman–Crippen LogP) is 2.01. The van der Waals surface area contributed by atoms with Crippen LogP contribution in [0.25, 0.3) is 0 Å². The Hall–Kier alpha value is -1.89. The van der Waals surface area contributed by atoms with Gasteiger partial charge in [0.1, 0.15) is 5.75 Å². The molecule has 6 nitrogen and oxygen atoms in total. The zero-order valence-corrected chi connectivity index (χ0v) is 12.7. The third-order valence-electron chi connectivity index (χ3n) is 3.34. The lowest BCUT2D eigenvalue weighted by molar-refractivity contribution is -0.115. The summed E-state index contributed by atoms with van der Waals surface area (Å²) >= 11 is 1.69. The number of oxime groups is 1. The molecule has 114 valence electrons. The molecule has 1 unspecified atom stereocenters. The molecule has 21 heavy (non-hydrogen) atoms. The summed E-state index contributed by atoms with van der Waals surface area (Å²) in [5, 5.41) is 14.5. The number of nitrogens with two attached hydrogens (primary N) is 1. The Morgan fingerprint density at radius 1 is 1.52 bits per heavy atom. The Kier molecular flexibility index (Phi) is 5.32. The van der Waals surface area contributed by atoms with Crippen LogP contribution in [0.1, 0.15) is 24.8 Å². The van der Waals surface area contributed by atoms with Crippen LogP contribution in [0.15, 0.2) is 23.4 Å². The van der Waals surface area contributed by atoms with Gasteiger partial charge in [-0.25, -0.2) is 0 Å². The van der Waals surface area contributed by atoms with E-state index in [0.29, 0.717) is 17.0 Å². The van der Waals surface area contributed by atoms with Crippen molar-refractivity contribution in [3.05, 3.63) is 23.8 Å². The highest BCUT2D eigenvalue weighted by Gasteiger charge is 2.22. The number of hydrogen-bond acceptors (Lipinski definition) is 5. The average molecular weight is 309 g/mol. The minimum absolute atomic E-state index is 0.00505. The molecule has 1 aliphatic heterocycles. The summed E-state index contributed by atoms with van der Waals surface area (Å²) in [6.45, 7) is 0. The minimum Gasteiger partial charge on any atom is -0.495 e. The van der Waals surface area contributed by atoms with Gasteiger partial charge in [-0.05, 0) is 36.8 Å². The first-order valence-corrected chi connectivity index (χ1v) is 7.79. The van der Waals surface area contributed by atoms with Gasteiger partial charge < -0.3 is 21.0 Å². The highest BCUT2D eigenvalue weighted by atomic mass is 32.2. The number of nitrogens with zero attached hydrogens (tertiary/aromatic N) is 1. The van der Waals surface area contributed by atoms with Crippen LogP contribution in [0, 0.1) is 0 Å². The SMILES string of the molecule is COc1cc(/C(N)=N/O)ccc1NC(=O)C1CCCCS1. The van der Waals surface area contributed by atoms with Gasteiger partial charge in [-0.3, -0.25) is 4.79 Å². The molecule has 0 radical (unpaired) electrons. The molecule has 1 aromatic carbocycles. The molecule has 2 rings (SSSR count). The maximum Gasteiger partial charge on any atom is 0.237 e. The van der Waals surface area contributed by atoms with Crippen LogP contribution in [0.3, 0.4) is 0 Å². The Morgan fingerprint density at radius 3 is 2.95 bits per heavy atom. The molecule has 4 N–H and O–H groups in total. The lowest BCUT2D eigenvalue weighted by atomic mass is 10.1. The van der Waals surface area contributed by atoms with E-state index >= 15 is 0 Å². The van der Waals surface area contributed by atoms with Crippen molar-refractivity contribution in [1.82, 2.24) is 0 Å². The highest BCUT2D eigenvalue weighted by Crippen LogP contribution is 2.29. The zero-order chi connectivity index (χ0) is 15.2. The average Bonchev–Trinajstić information content (AvgIpc) is 2.55. The fourth-order valence-corrected chi connectivity index (χ4v) is 3.37. The van der Waals surface area contributed by atoms with Gasteiger partial charge in [0.15, 0.2) is 5.84 Å². The first-order chi connectivity index (χ1) is 10.2. The lowest BCUT2D eigenvalue weighted by Gasteiger charge is -2.21. The fourth-order valence-electron chi connectivity index (χ4n) is 2.17. The Balaban J connectivity index is 2.13. The highest BCUT2D eigenvalue weighted by molar-refractivity contribution is 8.00. The summed E-state index contributed by atoms with van der Waals surface area (Å²) in [4.78, 5) is 12.2. The summed E-state index contributed by atoms with van der Waals surface area (Å²) in [6.07, 6.45) is 3.16. The van der Waals surface area contributed by atoms with Gasteiger partial charge in [0.05, 0.1) is 18.0 Å². The van der Waals surface area contributed by atoms with Crippen molar-refractivity contribution in [2.45, 2.75) is 24.5 Å². The summed E-state index contributed by atoms with van der Waals surface area (Å²) in [7, 11) is 1.51. The van der Waals surface area contributed by atoms with E-state index in [-0.39, 0.29) is 17.0 Å². The van der Waals surface area contributed by atoms with Gasteiger partial charge in [0.25, 0.3) is 0 Å². The van der Waals surface area contributed by atoms with E-state index in [9.17, 15) is 4.79 Å². The fraction of sp³-hybridized carbons (Fsp3) is 0.429. The van der Waals surface area contributed by atoms with Crippen LogP contribution in [-0.4, -0.2) is 35.1 Å². The smallest absolute Gasteiger partial charge is 0.237 e. The summed E-state index contributed by atoms with van der Waals surface area (Å²) in [5.41, 5.74) is 6.65. The van der Waals surface area contributed by atoms with E-state index in [1.54, 1.807) is 30.0 Å². The van der Waals surface area contributed by atoms with Crippen molar-refractivity contribution in [1.29, 1.82) is 0 Å². The molecule has 1 fully saturated rings. The number of benzene rings is 1. The quantitative estimate of drug-likeness (QED) is 0.342. The van der Waals surface area contributed by atoms with Crippen molar-refractivity contribution >= 4 is 29.2 Å². The van der Waals surface area contributed by atoms with E-state index in [0.717, 1.165) is 18.6 Å². The molecule has 1 heterocycles. The maximum absolute atomic E-state index is 12.2. The molecule has 0 bridgehead atoms. The van der Waals surface area contributed by atoms with Gasteiger partial charge in [-0.1, -0.05) is 11.6 Å². The van der Waals surface area contributed by atoms with Gasteiger partial charge in [-0.15, -0.1) is 11.8 Å². The standard InChI is InChI=1S/C14H19N3O3S/c1-20-11-8-9(13(15)17-19)5-6-10(11)16-14(18)12-4-2-3-7-21-12/h5-6,8,12,19H,2-4,7H2,1H3,(H2,15,17)(H,16,18). The van der Waals surface area contributed by atoms with Crippen molar-refractivity contribution in [3.63, 3.8) is 0 Å². The molecule has 0 saturated carbocycles. The minimum atomic E-state index is -0.00722. The number of methoxy groups -OCH3 is 1. The lowest BCUT2D eigenvalue weighted by Crippen LogP contribution is -2.27. The van der Waals surface area contributed by atoms with Crippen LogP contribution in [0.4, 0.5) is 5.69 Å². The van der Waals surface area contributed by atoms with Crippen molar-refractivity contribution in [3.8, 4) is 5.75 Å². The van der Waals surface area contributed by atoms with Gasteiger partial charge >= 0.3 is 0 Å². The predicted molar refractivity (Wildman–Crippen MR) is 84.2 cm³/mol. The first kappa shape index (κ1) is 15.5. The second-order valence-corrected chi connectivity index (χ2v) is 6.06. The van der Waals surface area contributed by atoms with Gasteiger partial charge in [0, 0.05) is 5.56 Å². The molecule has 0 aliphatic carbocycles. The van der Waals surface area contributed by atoms with Crippen molar-refractivity contribution in [2.75, 3.05) is 18.2 Å². The van der Waals surface area contributed by atoms with Crippen molar-refractivity contribution in [2.24, 2.45) is 10.9 Å². The summed E-state index contributed by atoms with van der Waals surface area (Å²) in [5.74, 6) is 1.49. The van der Waals surface area contributed by atoms with Crippen LogP contribution in [-0.2, 0) is 4.79 Å². The molecule has 0 spiro atoms. The molecular weight excluding hydrogens is 290 g/mol. The zero-order valence-electron chi connectivity index (χ0n) is 11.8. The third-order valence-corrected chi connectivity index (χ3v) is 4.71. The Labute approximate surface area is 127 Å². The molecule has 1 aromatic rings. The number of carbonyl (C=O) groups excluding carboxylic acids is 1. The van der Waals surface area contributed by atoms with Gasteiger partial charge in [-0.2, -0.15) is 0 Å². The number of nitrogens with one attached hydrogen (secondary N) is 1. The van der Waals surface area contributed by atoms with Crippen LogP contribution < -0.4 is 15.8 Å². The molecule has 7 heteroatoms.